The van der Waals surface area contributed by atoms with Crippen LogP contribution in [0.4, 0.5) is 26.2 Å². The number of halogens is 2. The molecule has 3 aromatic rings. The first-order chi connectivity index (χ1) is 17.8. The molecule has 2 aromatic heterocycles. The summed E-state index contributed by atoms with van der Waals surface area (Å²) in [5.74, 6) is -1.81. The van der Waals surface area contributed by atoms with Gasteiger partial charge < -0.3 is 31.2 Å². The Labute approximate surface area is 212 Å². The molecule has 1 aliphatic heterocycles. The molecule has 5 N–H and O–H groups in total. The van der Waals surface area contributed by atoms with Crippen molar-refractivity contribution in [3.05, 3.63) is 71.3 Å². The lowest BCUT2D eigenvalue weighted by molar-refractivity contribution is -0.0901. The standard InChI is InChI=1S/C26H28F2N8O/c1-35-21(24(37)33-20-11-26(27,28)12-20)10-17-7-9-36(15-22(17)35)25-31-8-6-23(34-25)32-19-4-2-16(3-5-19)18(13-29)14-30/h2-6,8,10,13-14,20,29H,7,9,11-12,15,30H2,1H3,(H,33,37)(H,31,32,34)/b18-14+,29-13?. The van der Waals surface area contributed by atoms with Crippen molar-refractivity contribution >= 4 is 35.1 Å². The minimum absolute atomic E-state index is 0.307. The molecule has 37 heavy (non-hydrogen) atoms. The molecule has 1 amide bonds. The van der Waals surface area contributed by atoms with Gasteiger partial charge in [0.15, 0.2) is 0 Å². The summed E-state index contributed by atoms with van der Waals surface area (Å²) in [7, 11) is 1.82. The summed E-state index contributed by atoms with van der Waals surface area (Å²) < 4.78 is 28.1. The Morgan fingerprint density at radius 3 is 2.68 bits per heavy atom. The summed E-state index contributed by atoms with van der Waals surface area (Å²) >= 11 is 0. The summed E-state index contributed by atoms with van der Waals surface area (Å²) in [5.41, 5.74) is 10.4. The molecule has 0 unspecified atom stereocenters. The number of rotatable bonds is 7. The van der Waals surface area contributed by atoms with Gasteiger partial charge in [-0.3, -0.25) is 4.79 Å². The van der Waals surface area contributed by atoms with Gasteiger partial charge >= 0.3 is 0 Å². The second kappa shape index (κ2) is 9.64. The molecule has 0 spiro atoms. The fraction of sp³-hybridized carbons (Fsp3) is 0.308. The quantitative estimate of drug-likeness (QED) is 0.363. The lowest BCUT2D eigenvalue weighted by Gasteiger charge is -2.35. The molecule has 192 valence electrons. The molecule has 3 heterocycles. The van der Waals surface area contributed by atoms with Gasteiger partial charge in [-0.15, -0.1) is 0 Å². The van der Waals surface area contributed by atoms with E-state index in [0.29, 0.717) is 42.5 Å². The molecule has 1 aromatic carbocycles. The van der Waals surface area contributed by atoms with Crippen molar-refractivity contribution < 1.29 is 13.6 Å². The molecule has 2 aliphatic rings. The Bertz CT molecular complexity index is 1360. The van der Waals surface area contributed by atoms with Gasteiger partial charge in [0.1, 0.15) is 11.5 Å². The molecule has 1 saturated carbocycles. The van der Waals surface area contributed by atoms with Gasteiger partial charge in [-0.1, -0.05) is 12.1 Å². The zero-order valence-corrected chi connectivity index (χ0v) is 20.3. The number of nitrogens with zero attached hydrogens (tertiary/aromatic N) is 4. The van der Waals surface area contributed by atoms with E-state index >= 15 is 0 Å². The highest BCUT2D eigenvalue weighted by molar-refractivity contribution is 6.08. The van der Waals surface area contributed by atoms with Gasteiger partial charge in [-0.2, -0.15) is 4.98 Å². The van der Waals surface area contributed by atoms with Crippen LogP contribution >= 0.6 is 0 Å². The number of allylic oxidation sites excluding steroid dienone is 1. The van der Waals surface area contributed by atoms with Gasteiger partial charge in [0.05, 0.1) is 6.54 Å². The molecule has 1 fully saturated rings. The van der Waals surface area contributed by atoms with E-state index < -0.39 is 12.0 Å². The van der Waals surface area contributed by atoms with Crippen molar-refractivity contribution in [1.82, 2.24) is 19.9 Å². The van der Waals surface area contributed by atoms with Gasteiger partial charge in [0, 0.05) is 68.0 Å². The van der Waals surface area contributed by atoms with E-state index in [1.54, 1.807) is 12.3 Å². The average molecular weight is 507 g/mol. The summed E-state index contributed by atoms with van der Waals surface area (Å²) in [4.78, 5) is 23.9. The number of carbonyl (C=O) groups excluding carboxylic acids is 1. The van der Waals surface area contributed by atoms with E-state index in [1.165, 1.54) is 12.4 Å². The highest BCUT2D eigenvalue weighted by atomic mass is 19.3. The lowest BCUT2D eigenvalue weighted by Crippen LogP contribution is -2.50. The number of benzene rings is 1. The predicted molar refractivity (Wildman–Crippen MR) is 138 cm³/mol. The maximum atomic E-state index is 13.1. The number of fused-ring (bicyclic) bond motifs is 1. The molecule has 0 bridgehead atoms. The lowest BCUT2D eigenvalue weighted by atomic mass is 9.88. The molecule has 0 saturated heterocycles. The first-order valence-corrected chi connectivity index (χ1v) is 12.0. The summed E-state index contributed by atoms with van der Waals surface area (Å²) in [6, 6.07) is 10.7. The number of hydrogen-bond acceptors (Lipinski definition) is 7. The van der Waals surface area contributed by atoms with Gasteiger partial charge in [-0.25, -0.2) is 13.8 Å². The van der Waals surface area contributed by atoms with Crippen LogP contribution in [0.3, 0.4) is 0 Å². The molecular weight excluding hydrogens is 478 g/mol. The summed E-state index contributed by atoms with van der Waals surface area (Å²) in [6.07, 6.45) is 4.40. The van der Waals surface area contributed by atoms with Crippen molar-refractivity contribution in [2.75, 3.05) is 16.8 Å². The number of aromatic nitrogens is 3. The third-order valence-electron chi connectivity index (χ3n) is 6.85. The van der Waals surface area contributed by atoms with E-state index in [9.17, 15) is 13.6 Å². The van der Waals surface area contributed by atoms with Crippen molar-refractivity contribution in [2.24, 2.45) is 12.8 Å². The van der Waals surface area contributed by atoms with Crippen LogP contribution < -0.4 is 21.3 Å². The van der Waals surface area contributed by atoms with Crippen LogP contribution in [0.1, 0.15) is 40.2 Å². The van der Waals surface area contributed by atoms with Crippen LogP contribution in [0, 0.1) is 5.41 Å². The Morgan fingerprint density at radius 2 is 2.00 bits per heavy atom. The molecule has 1 aliphatic carbocycles. The minimum atomic E-state index is -2.68. The maximum Gasteiger partial charge on any atom is 0.268 e. The Kier molecular flexibility index (Phi) is 6.36. The molecule has 5 rings (SSSR count). The van der Waals surface area contributed by atoms with Crippen LogP contribution in [-0.4, -0.2) is 45.2 Å². The van der Waals surface area contributed by atoms with E-state index in [0.717, 1.165) is 22.5 Å². The van der Waals surface area contributed by atoms with Crippen LogP contribution in [0.2, 0.25) is 0 Å². The van der Waals surface area contributed by atoms with Crippen LogP contribution in [0.5, 0.6) is 0 Å². The smallest absolute Gasteiger partial charge is 0.268 e. The number of hydrogen-bond donors (Lipinski definition) is 4. The normalized spacial score (nSPS) is 17.1. The van der Waals surface area contributed by atoms with Gasteiger partial charge in [-0.05, 0) is 41.8 Å². The number of nitrogens with one attached hydrogen (secondary N) is 3. The SMILES string of the molecule is Cn1c(C(=O)NC2CC(F)(F)C2)cc2c1CN(c1nccc(Nc3ccc(/C(C=N)=C/N)cc3)n1)CC2. The van der Waals surface area contributed by atoms with Crippen LogP contribution in [0.15, 0.2) is 48.8 Å². The number of alkyl halides is 2. The number of amides is 1. The second-order valence-corrected chi connectivity index (χ2v) is 9.38. The first-order valence-electron chi connectivity index (χ1n) is 12.0. The monoisotopic (exact) mass is 506 g/mol. The first kappa shape index (κ1) is 24.4. The van der Waals surface area contributed by atoms with Gasteiger partial charge in [0.2, 0.25) is 5.95 Å². The molecule has 9 nitrogen and oxygen atoms in total. The van der Waals surface area contributed by atoms with Crippen molar-refractivity contribution in [2.45, 2.75) is 37.8 Å². The molecule has 11 heteroatoms. The third-order valence-corrected chi connectivity index (χ3v) is 6.85. The Morgan fingerprint density at radius 1 is 1.24 bits per heavy atom. The van der Waals surface area contributed by atoms with Gasteiger partial charge in [0.25, 0.3) is 11.8 Å². The highest BCUT2D eigenvalue weighted by Crippen LogP contribution is 2.37. The Hall–Kier alpha value is -4.28. The largest absolute Gasteiger partial charge is 0.404 e. The Balaban J connectivity index is 1.27. The van der Waals surface area contributed by atoms with E-state index in [2.05, 4.69) is 20.6 Å². The molecular formula is C26H28F2N8O. The molecule has 0 atom stereocenters. The fourth-order valence-electron chi connectivity index (χ4n) is 4.75. The maximum absolute atomic E-state index is 13.1. The van der Waals surface area contributed by atoms with Crippen molar-refractivity contribution in [1.29, 1.82) is 5.41 Å². The van der Waals surface area contributed by atoms with Crippen LogP contribution in [0.25, 0.3) is 5.57 Å². The topological polar surface area (TPSA) is 125 Å². The number of anilines is 3. The van der Waals surface area contributed by atoms with Crippen molar-refractivity contribution in [3.63, 3.8) is 0 Å². The highest BCUT2D eigenvalue weighted by Gasteiger charge is 2.46. The fourth-order valence-corrected chi connectivity index (χ4v) is 4.75. The molecule has 0 radical (unpaired) electrons. The number of nitrogens with two attached hydrogens (primary N) is 1. The average Bonchev–Trinajstić information content (AvgIpc) is 3.21. The second-order valence-electron chi connectivity index (χ2n) is 9.38. The summed E-state index contributed by atoms with van der Waals surface area (Å²) in [6.45, 7) is 1.21. The van der Waals surface area contributed by atoms with E-state index in [-0.39, 0.29) is 18.7 Å². The van der Waals surface area contributed by atoms with E-state index in [4.69, 9.17) is 11.1 Å². The predicted octanol–water partition coefficient (Wildman–Crippen LogP) is 3.60. The third kappa shape index (κ3) is 5.02. The summed E-state index contributed by atoms with van der Waals surface area (Å²) in [5, 5.41) is 13.4. The van der Waals surface area contributed by atoms with E-state index in [1.807, 2.05) is 46.8 Å². The zero-order chi connectivity index (χ0) is 26.2. The zero-order valence-electron chi connectivity index (χ0n) is 20.3. The number of carbonyl (C=O) groups is 1. The van der Waals surface area contributed by atoms with Crippen LogP contribution in [-0.2, 0) is 20.0 Å². The van der Waals surface area contributed by atoms with Crippen molar-refractivity contribution in [3.8, 4) is 0 Å². The minimum Gasteiger partial charge on any atom is -0.404 e.